The third-order valence-electron chi connectivity index (χ3n) is 10.4. The Bertz CT molecular complexity index is 2270. The molecule has 0 N–H and O–H groups in total. The van der Waals surface area contributed by atoms with E-state index in [1.165, 1.54) is 82.8 Å². The summed E-state index contributed by atoms with van der Waals surface area (Å²) < 4.78 is 0. The number of nitrogens with zero attached hydrogens (tertiary/aromatic N) is 1. The maximum atomic E-state index is 2.54. The van der Waals surface area contributed by atoms with E-state index in [9.17, 15) is 0 Å². The van der Waals surface area contributed by atoms with Crippen molar-refractivity contribution in [2.75, 3.05) is 4.90 Å². The highest BCUT2D eigenvalue weighted by atomic mass is 15.2. The Hall–Kier alpha value is -4.88. The molecule has 2 aliphatic rings. The largest absolute Gasteiger partial charge is 0.309 e. The maximum absolute atomic E-state index is 2.54. The van der Waals surface area contributed by atoms with Gasteiger partial charge < -0.3 is 4.90 Å². The SMILES string of the molecule is CC1(C)c2ccccc2N2c3ccc(-c4ccc5c6ccccc6c6ccccc6c5c4)cc3C(C)(C)c3cccc1c32. The molecule has 7 aromatic rings. The highest BCUT2D eigenvalue weighted by Crippen LogP contribution is 2.60. The van der Waals surface area contributed by atoms with Crippen LogP contribution in [0, 0.1) is 0 Å². The van der Waals surface area contributed by atoms with Gasteiger partial charge >= 0.3 is 0 Å². The minimum atomic E-state index is -0.144. The fourth-order valence-corrected chi connectivity index (χ4v) is 8.15. The Balaban J connectivity index is 1.29. The normalized spacial score (nSPS) is 15.8. The average Bonchev–Trinajstić information content (AvgIpc) is 3.04. The van der Waals surface area contributed by atoms with Crippen molar-refractivity contribution in [3.8, 4) is 11.1 Å². The predicted octanol–water partition coefficient (Wildman–Crippen LogP) is 11.6. The van der Waals surface area contributed by atoms with Crippen LogP contribution in [0.3, 0.4) is 0 Å². The van der Waals surface area contributed by atoms with Crippen LogP contribution in [0.1, 0.15) is 49.9 Å². The van der Waals surface area contributed by atoms with Gasteiger partial charge in [-0.15, -0.1) is 0 Å². The molecule has 7 aromatic carbocycles. The number of rotatable bonds is 1. The number of benzene rings is 7. The first-order chi connectivity index (χ1) is 20.9. The van der Waals surface area contributed by atoms with Gasteiger partial charge in [-0.3, -0.25) is 0 Å². The zero-order valence-electron chi connectivity index (χ0n) is 25.1. The first-order valence-corrected chi connectivity index (χ1v) is 15.4. The molecular weight excluding hydrogens is 518 g/mol. The monoisotopic (exact) mass is 551 g/mol. The summed E-state index contributed by atoms with van der Waals surface area (Å²) in [6.07, 6.45) is 0. The lowest BCUT2D eigenvalue weighted by Gasteiger charge is -2.49. The van der Waals surface area contributed by atoms with Crippen LogP contribution in [-0.4, -0.2) is 0 Å². The summed E-state index contributed by atoms with van der Waals surface area (Å²) in [6.45, 7) is 9.54. The number of hydrogen-bond acceptors (Lipinski definition) is 1. The molecule has 0 fully saturated rings. The molecule has 0 spiro atoms. The smallest absolute Gasteiger partial charge is 0.0543 e. The van der Waals surface area contributed by atoms with Gasteiger partial charge in [-0.1, -0.05) is 131 Å². The second-order valence-corrected chi connectivity index (χ2v) is 13.4. The molecule has 1 heteroatoms. The number of para-hydroxylation sites is 2. The molecule has 1 nitrogen and oxygen atoms in total. The summed E-state index contributed by atoms with van der Waals surface area (Å²) in [5, 5.41) is 7.88. The maximum Gasteiger partial charge on any atom is 0.0543 e. The zero-order valence-corrected chi connectivity index (χ0v) is 25.1. The van der Waals surface area contributed by atoms with Crippen molar-refractivity contribution in [3.05, 3.63) is 150 Å². The Labute approximate surface area is 253 Å². The van der Waals surface area contributed by atoms with E-state index < -0.39 is 0 Å². The highest BCUT2D eigenvalue weighted by molar-refractivity contribution is 6.25. The molecule has 206 valence electrons. The quantitative estimate of drug-likeness (QED) is 0.183. The van der Waals surface area contributed by atoms with E-state index in [-0.39, 0.29) is 10.8 Å². The second-order valence-electron chi connectivity index (χ2n) is 13.4. The number of anilines is 3. The van der Waals surface area contributed by atoms with Crippen LogP contribution < -0.4 is 4.90 Å². The molecule has 9 rings (SSSR count). The minimum Gasteiger partial charge on any atom is -0.309 e. The summed E-state index contributed by atoms with van der Waals surface area (Å²) in [6, 6.07) is 47.8. The lowest BCUT2D eigenvalue weighted by molar-refractivity contribution is 0.597. The molecule has 0 saturated carbocycles. The van der Waals surface area contributed by atoms with Gasteiger partial charge in [0, 0.05) is 10.8 Å². The average molecular weight is 552 g/mol. The highest BCUT2D eigenvalue weighted by Gasteiger charge is 2.45. The van der Waals surface area contributed by atoms with Gasteiger partial charge in [0.2, 0.25) is 0 Å². The van der Waals surface area contributed by atoms with Crippen LogP contribution in [0.25, 0.3) is 43.4 Å². The molecule has 0 saturated heterocycles. The van der Waals surface area contributed by atoms with Gasteiger partial charge in [0.05, 0.1) is 17.1 Å². The van der Waals surface area contributed by atoms with Crippen LogP contribution in [0.2, 0.25) is 0 Å². The summed E-state index contributed by atoms with van der Waals surface area (Å²) in [5.74, 6) is 0. The van der Waals surface area contributed by atoms with Gasteiger partial charge in [-0.25, -0.2) is 0 Å². The van der Waals surface area contributed by atoms with Gasteiger partial charge in [0.25, 0.3) is 0 Å². The molecule has 0 aliphatic carbocycles. The minimum absolute atomic E-state index is 0.0655. The van der Waals surface area contributed by atoms with E-state index >= 15 is 0 Å². The topological polar surface area (TPSA) is 3.24 Å². The van der Waals surface area contributed by atoms with Crippen molar-refractivity contribution in [2.24, 2.45) is 0 Å². The molecule has 0 atom stereocenters. The molecule has 2 heterocycles. The third kappa shape index (κ3) is 3.17. The van der Waals surface area contributed by atoms with E-state index in [2.05, 4.69) is 160 Å². The lowest BCUT2D eigenvalue weighted by atomic mass is 9.66. The lowest BCUT2D eigenvalue weighted by Crippen LogP contribution is -2.38. The van der Waals surface area contributed by atoms with Crippen LogP contribution in [0.15, 0.2) is 127 Å². The molecular formula is C42H33N. The standard InChI is InChI=1S/C42H33N/c1-41(2)34-16-9-10-19-38(34)43-39-23-21-27(25-37(39)42(3,4)36-18-11-17-35(41)40(36)43)26-20-22-32-30-14-6-5-12-28(30)29-13-7-8-15-31(29)33(32)24-26/h5-25H,1-4H3. The Morgan fingerprint density at radius 3 is 1.51 bits per heavy atom. The predicted molar refractivity (Wildman–Crippen MR) is 183 cm³/mol. The molecule has 0 amide bonds. The molecule has 0 aromatic heterocycles. The van der Waals surface area contributed by atoms with Gasteiger partial charge in [-0.05, 0) is 90.0 Å². The summed E-state index contributed by atoms with van der Waals surface area (Å²) in [5.41, 5.74) is 11.8. The molecule has 43 heavy (non-hydrogen) atoms. The van der Waals surface area contributed by atoms with Gasteiger partial charge in [0.15, 0.2) is 0 Å². The fraction of sp³-hybridized carbons (Fsp3) is 0.143. The number of fused-ring (bicyclic) bond motifs is 10. The molecule has 0 bridgehead atoms. The first kappa shape index (κ1) is 24.7. The van der Waals surface area contributed by atoms with Crippen molar-refractivity contribution < 1.29 is 0 Å². The summed E-state index contributed by atoms with van der Waals surface area (Å²) in [7, 11) is 0. The second kappa shape index (κ2) is 8.36. The van der Waals surface area contributed by atoms with E-state index in [4.69, 9.17) is 0 Å². The Kier molecular flexibility index (Phi) is 4.80. The van der Waals surface area contributed by atoms with Crippen LogP contribution in [-0.2, 0) is 10.8 Å². The van der Waals surface area contributed by atoms with Gasteiger partial charge in [0.1, 0.15) is 0 Å². The summed E-state index contributed by atoms with van der Waals surface area (Å²) in [4.78, 5) is 2.54. The van der Waals surface area contributed by atoms with E-state index in [1.54, 1.807) is 0 Å². The fourth-order valence-electron chi connectivity index (χ4n) is 8.15. The van der Waals surface area contributed by atoms with Crippen molar-refractivity contribution in [2.45, 2.75) is 38.5 Å². The van der Waals surface area contributed by atoms with Crippen LogP contribution >= 0.6 is 0 Å². The third-order valence-corrected chi connectivity index (χ3v) is 10.4. The van der Waals surface area contributed by atoms with Crippen molar-refractivity contribution in [3.63, 3.8) is 0 Å². The summed E-state index contributed by atoms with van der Waals surface area (Å²) >= 11 is 0. The Morgan fingerprint density at radius 1 is 0.372 bits per heavy atom. The van der Waals surface area contributed by atoms with Crippen LogP contribution in [0.4, 0.5) is 17.1 Å². The number of hydrogen-bond donors (Lipinski definition) is 0. The van der Waals surface area contributed by atoms with E-state index in [1.807, 2.05) is 0 Å². The zero-order chi connectivity index (χ0) is 29.1. The van der Waals surface area contributed by atoms with Crippen molar-refractivity contribution >= 4 is 49.4 Å². The molecule has 2 aliphatic heterocycles. The first-order valence-electron chi connectivity index (χ1n) is 15.4. The van der Waals surface area contributed by atoms with E-state index in [0.29, 0.717) is 0 Å². The van der Waals surface area contributed by atoms with Crippen molar-refractivity contribution in [1.29, 1.82) is 0 Å². The van der Waals surface area contributed by atoms with E-state index in [0.717, 1.165) is 0 Å². The Morgan fingerprint density at radius 2 is 0.837 bits per heavy atom. The van der Waals surface area contributed by atoms with Gasteiger partial charge in [-0.2, -0.15) is 0 Å². The van der Waals surface area contributed by atoms with Crippen LogP contribution in [0.5, 0.6) is 0 Å². The van der Waals surface area contributed by atoms with Crippen molar-refractivity contribution in [1.82, 2.24) is 0 Å². The molecule has 0 unspecified atom stereocenters. The molecule has 0 radical (unpaired) electrons.